The Bertz CT molecular complexity index is 1280. The molecule has 1 fully saturated rings. The number of aliphatic hydroxyl groups excluding tert-OH is 1. The highest BCUT2D eigenvalue weighted by Crippen LogP contribution is 2.25. The maximum Gasteiger partial charge on any atom is 0.263 e. The third-order valence-corrected chi connectivity index (χ3v) is 6.19. The topological polar surface area (TPSA) is 122 Å². The Labute approximate surface area is 194 Å². The molecule has 5 rings (SSSR count). The minimum atomic E-state index is -0.599. The number of amides is 1. The van der Waals surface area contributed by atoms with E-state index in [0.29, 0.717) is 55.2 Å². The third kappa shape index (κ3) is 4.76. The summed E-state index contributed by atoms with van der Waals surface area (Å²) in [5.41, 5.74) is 1.54. The number of pyridine rings is 3. The molecule has 178 valence electrons. The van der Waals surface area contributed by atoms with Gasteiger partial charge in [-0.3, -0.25) is 19.5 Å². The van der Waals surface area contributed by atoms with Crippen LogP contribution in [0.5, 0.6) is 5.75 Å². The van der Waals surface area contributed by atoms with Gasteiger partial charge in [0.15, 0.2) is 18.2 Å². The number of rotatable bonds is 6. The average molecular weight is 468 g/mol. The zero-order valence-corrected chi connectivity index (χ0v) is 18.4. The predicted molar refractivity (Wildman–Crippen MR) is 122 cm³/mol. The average Bonchev–Trinajstić information content (AvgIpc) is 2.82. The Kier molecular flexibility index (Phi) is 6.22. The second-order valence-electron chi connectivity index (χ2n) is 8.51. The number of nitrogens with zero attached hydrogens (tertiary/aromatic N) is 4. The van der Waals surface area contributed by atoms with Gasteiger partial charge in [-0.25, -0.2) is 9.37 Å². The molecule has 0 bridgehead atoms. The molecule has 11 heteroatoms. The first kappa shape index (κ1) is 22.4. The molecule has 3 aromatic rings. The van der Waals surface area contributed by atoms with Gasteiger partial charge >= 0.3 is 0 Å². The zero-order valence-electron chi connectivity index (χ0n) is 18.4. The van der Waals surface area contributed by atoms with E-state index in [1.807, 2.05) is 6.07 Å². The molecule has 2 aliphatic heterocycles. The summed E-state index contributed by atoms with van der Waals surface area (Å²) in [5.74, 6) is 0.225. The van der Waals surface area contributed by atoms with Gasteiger partial charge < -0.3 is 25.0 Å². The van der Waals surface area contributed by atoms with Crippen molar-refractivity contribution in [3.8, 4) is 5.75 Å². The number of hydrogen-bond donors (Lipinski definition) is 3. The van der Waals surface area contributed by atoms with Crippen molar-refractivity contribution in [1.29, 1.82) is 0 Å². The fraction of sp³-hybridized carbons (Fsp3) is 0.391. The van der Waals surface area contributed by atoms with Gasteiger partial charge in [-0.1, -0.05) is 0 Å². The van der Waals surface area contributed by atoms with Gasteiger partial charge in [0.2, 0.25) is 0 Å². The van der Waals surface area contributed by atoms with Gasteiger partial charge in [-0.15, -0.1) is 0 Å². The number of aliphatic hydroxyl groups is 1. The van der Waals surface area contributed by atoms with E-state index in [0.717, 1.165) is 18.4 Å². The molecule has 3 N–H and O–H groups in total. The van der Waals surface area contributed by atoms with Gasteiger partial charge in [-0.05, 0) is 31.2 Å². The lowest BCUT2D eigenvalue weighted by Crippen LogP contribution is -2.53. The Hall–Kier alpha value is -3.41. The van der Waals surface area contributed by atoms with Gasteiger partial charge in [-0.2, -0.15) is 0 Å². The number of nitrogens with one attached hydrogen (secondary N) is 2. The van der Waals surface area contributed by atoms with E-state index in [9.17, 15) is 19.1 Å². The Morgan fingerprint density at radius 2 is 2.12 bits per heavy atom. The molecule has 1 saturated heterocycles. The zero-order chi connectivity index (χ0) is 23.7. The van der Waals surface area contributed by atoms with E-state index in [-0.39, 0.29) is 24.1 Å². The first-order valence-electron chi connectivity index (χ1n) is 11.2. The molecule has 5 heterocycles. The molecule has 10 nitrogen and oxygen atoms in total. The molecular formula is C23H25FN6O4. The summed E-state index contributed by atoms with van der Waals surface area (Å²) in [6, 6.07) is 7.83. The van der Waals surface area contributed by atoms with Crippen molar-refractivity contribution in [1.82, 2.24) is 24.8 Å². The molecule has 2 atom stereocenters. The number of piperidine rings is 1. The van der Waals surface area contributed by atoms with E-state index in [1.165, 1.54) is 16.7 Å². The fourth-order valence-electron chi connectivity index (χ4n) is 4.39. The van der Waals surface area contributed by atoms with Crippen LogP contribution in [0.3, 0.4) is 0 Å². The van der Waals surface area contributed by atoms with Crippen molar-refractivity contribution in [2.24, 2.45) is 0 Å². The van der Waals surface area contributed by atoms with Crippen LogP contribution in [-0.2, 0) is 17.9 Å². The highest BCUT2D eigenvalue weighted by Gasteiger charge is 2.27. The van der Waals surface area contributed by atoms with Crippen LogP contribution < -0.4 is 20.9 Å². The predicted octanol–water partition coefficient (Wildman–Crippen LogP) is 0.486. The second-order valence-corrected chi connectivity index (χ2v) is 8.51. The largest absolute Gasteiger partial charge is 0.480 e. The minimum absolute atomic E-state index is 0.0139. The Morgan fingerprint density at radius 1 is 1.24 bits per heavy atom. The monoisotopic (exact) mass is 468 g/mol. The number of halogens is 1. The number of carbonyl (C=O) groups excluding carboxylic acids is 1. The van der Waals surface area contributed by atoms with Gasteiger partial charge in [0.05, 0.1) is 29.0 Å². The normalized spacial score (nSPS) is 20.6. The summed E-state index contributed by atoms with van der Waals surface area (Å²) in [7, 11) is 0. The SMILES string of the molecule is O=C1COc2ccc(CN[C@H]3CCN(CCn4c(=O)ccc5ncc(F)cc54)C[C@H]3O)nc2N1. The smallest absolute Gasteiger partial charge is 0.263 e. The van der Waals surface area contributed by atoms with Crippen LogP contribution in [0, 0.1) is 5.82 Å². The van der Waals surface area contributed by atoms with Gasteiger partial charge in [0, 0.05) is 44.4 Å². The van der Waals surface area contributed by atoms with Crippen LogP contribution in [-0.4, -0.2) is 68.8 Å². The van der Waals surface area contributed by atoms with Crippen molar-refractivity contribution in [2.45, 2.75) is 31.7 Å². The highest BCUT2D eigenvalue weighted by molar-refractivity contribution is 5.94. The van der Waals surface area contributed by atoms with Crippen LogP contribution >= 0.6 is 0 Å². The van der Waals surface area contributed by atoms with Crippen molar-refractivity contribution in [3.63, 3.8) is 0 Å². The summed E-state index contributed by atoms with van der Waals surface area (Å²) in [6.45, 7) is 2.53. The number of fused-ring (bicyclic) bond motifs is 2. The fourth-order valence-corrected chi connectivity index (χ4v) is 4.39. The number of β-amino-alcohol motifs (C(OH)–C–C–N with tert-alkyl or cyclic N) is 1. The van der Waals surface area contributed by atoms with Crippen LogP contribution in [0.2, 0.25) is 0 Å². The second kappa shape index (κ2) is 9.45. The quantitative estimate of drug-likeness (QED) is 0.478. The lowest BCUT2D eigenvalue weighted by Gasteiger charge is -2.36. The molecule has 2 aliphatic rings. The molecule has 0 unspecified atom stereocenters. The van der Waals surface area contributed by atoms with E-state index in [1.54, 1.807) is 12.1 Å². The molecular weight excluding hydrogens is 443 g/mol. The van der Waals surface area contributed by atoms with Crippen LogP contribution in [0.4, 0.5) is 10.2 Å². The summed E-state index contributed by atoms with van der Waals surface area (Å²) < 4.78 is 20.5. The van der Waals surface area contributed by atoms with Crippen molar-refractivity contribution in [3.05, 3.63) is 58.4 Å². The highest BCUT2D eigenvalue weighted by atomic mass is 19.1. The number of aromatic nitrogens is 3. The van der Waals surface area contributed by atoms with Crippen LogP contribution in [0.1, 0.15) is 12.1 Å². The maximum atomic E-state index is 13.7. The molecule has 3 aromatic heterocycles. The van der Waals surface area contributed by atoms with Crippen LogP contribution in [0.25, 0.3) is 11.0 Å². The summed E-state index contributed by atoms with van der Waals surface area (Å²) in [5, 5.41) is 16.7. The molecule has 1 amide bonds. The maximum absolute atomic E-state index is 13.7. The van der Waals surface area contributed by atoms with Gasteiger partial charge in [0.25, 0.3) is 11.5 Å². The lowest BCUT2D eigenvalue weighted by atomic mass is 10.0. The third-order valence-electron chi connectivity index (χ3n) is 6.19. The number of ether oxygens (including phenoxy) is 1. The summed E-state index contributed by atoms with van der Waals surface area (Å²) in [6.07, 6.45) is 1.25. The van der Waals surface area contributed by atoms with Crippen molar-refractivity contribution < 1.29 is 19.0 Å². The Balaban J connectivity index is 1.16. The number of anilines is 1. The van der Waals surface area contributed by atoms with Gasteiger partial charge in [0.1, 0.15) is 5.82 Å². The molecule has 0 radical (unpaired) electrons. The summed E-state index contributed by atoms with van der Waals surface area (Å²) >= 11 is 0. The Morgan fingerprint density at radius 3 is 2.97 bits per heavy atom. The van der Waals surface area contributed by atoms with Crippen LogP contribution in [0.15, 0.2) is 41.3 Å². The van der Waals surface area contributed by atoms with Crippen molar-refractivity contribution in [2.75, 3.05) is 31.6 Å². The summed E-state index contributed by atoms with van der Waals surface area (Å²) in [4.78, 5) is 34.4. The van der Waals surface area contributed by atoms with Crippen molar-refractivity contribution >= 4 is 22.8 Å². The number of hydrogen-bond acceptors (Lipinski definition) is 8. The van der Waals surface area contributed by atoms with E-state index < -0.39 is 11.9 Å². The van der Waals surface area contributed by atoms with E-state index >= 15 is 0 Å². The molecule has 0 spiro atoms. The molecule has 0 saturated carbocycles. The van der Waals surface area contributed by atoms with E-state index in [4.69, 9.17) is 4.74 Å². The minimum Gasteiger partial charge on any atom is -0.480 e. The lowest BCUT2D eigenvalue weighted by molar-refractivity contribution is -0.118. The number of likely N-dealkylation sites (tertiary alicyclic amines) is 1. The molecule has 0 aliphatic carbocycles. The molecule has 34 heavy (non-hydrogen) atoms. The molecule has 0 aromatic carbocycles. The van der Waals surface area contributed by atoms with E-state index in [2.05, 4.69) is 25.5 Å². The first-order chi connectivity index (χ1) is 16.5. The number of carbonyl (C=O) groups is 1. The standard InChI is InChI=1S/C23H25FN6O4/c24-14-9-18-16(25-10-14)2-4-22(33)30(18)8-7-29-6-5-17(19(31)12-29)26-11-15-1-3-20-23(27-15)28-21(32)13-34-20/h1-4,9-10,17,19,26,31H,5-8,11-13H2,(H,27,28,32)/t17-,19+/m0/s1. The first-order valence-corrected chi connectivity index (χ1v) is 11.2.